The van der Waals surface area contributed by atoms with Gasteiger partial charge in [-0.05, 0) is 43.4 Å². The molecule has 1 amide bonds. The monoisotopic (exact) mass is 372 g/mol. The second-order valence-corrected chi connectivity index (χ2v) is 6.87. The van der Waals surface area contributed by atoms with Crippen LogP contribution in [-0.2, 0) is 17.9 Å². The lowest BCUT2D eigenvalue weighted by Gasteiger charge is -2.12. The van der Waals surface area contributed by atoms with E-state index in [1.165, 1.54) is 4.57 Å². The Morgan fingerprint density at radius 3 is 2.69 bits per heavy atom. The molecule has 3 aromatic rings. The highest BCUT2D eigenvalue weighted by Gasteiger charge is 2.17. The Balaban J connectivity index is 1.98. The van der Waals surface area contributed by atoms with Crippen molar-refractivity contribution in [2.24, 2.45) is 0 Å². The van der Waals surface area contributed by atoms with Crippen LogP contribution in [-0.4, -0.2) is 19.4 Å². The van der Waals surface area contributed by atoms with Gasteiger partial charge in [-0.3, -0.25) is 18.7 Å². The summed E-state index contributed by atoms with van der Waals surface area (Å²) in [6.45, 7) is 5.90. The molecule has 0 aliphatic heterocycles. The Hall–Kier alpha value is -2.74. The molecule has 0 atom stereocenters. The number of benzene rings is 1. The van der Waals surface area contributed by atoms with E-state index in [4.69, 9.17) is 0 Å². The Labute approximate surface area is 154 Å². The third-order valence-corrected chi connectivity index (χ3v) is 4.77. The van der Waals surface area contributed by atoms with Gasteiger partial charge in [-0.25, -0.2) is 4.79 Å². The van der Waals surface area contributed by atoms with E-state index >= 15 is 0 Å². The van der Waals surface area contributed by atoms with Crippen molar-refractivity contribution in [3.05, 3.63) is 55.5 Å². The maximum Gasteiger partial charge on any atom is 0.332 e. The van der Waals surface area contributed by atoms with E-state index in [-0.39, 0.29) is 18.0 Å². The SMILES string of the molecule is CCCn1c(=O)c2nscc2n(CC(=O)Nc2ccc(C)cc2C)c1=O. The molecule has 1 N–H and O–H groups in total. The van der Waals surface area contributed by atoms with Crippen molar-refractivity contribution >= 4 is 34.2 Å². The summed E-state index contributed by atoms with van der Waals surface area (Å²) in [7, 11) is 0. The van der Waals surface area contributed by atoms with Crippen molar-refractivity contribution < 1.29 is 4.79 Å². The molecule has 26 heavy (non-hydrogen) atoms. The number of nitrogens with zero attached hydrogens (tertiary/aromatic N) is 3. The molecule has 0 aliphatic carbocycles. The molecule has 0 saturated heterocycles. The average molecular weight is 372 g/mol. The highest BCUT2D eigenvalue weighted by molar-refractivity contribution is 7.04. The zero-order valence-corrected chi connectivity index (χ0v) is 15.7. The number of aryl methyl sites for hydroxylation is 2. The van der Waals surface area contributed by atoms with E-state index in [1.807, 2.05) is 39.0 Å². The number of amides is 1. The molecule has 2 heterocycles. The summed E-state index contributed by atoms with van der Waals surface area (Å²) in [6, 6.07) is 5.73. The van der Waals surface area contributed by atoms with Crippen molar-refractivity contribution in [3.8, 4) is 0 Å². The first-order chi connectivity index (χ1) is 12.4. The number of fused-ring (bicyclic) bond motifs is 1. The van der Waals surface area contributed by atoms with Crippen molar-refractivity contribution in [1.29, 1.82) is 0 Å². The molecule has 0 unspecified atom stereocenters. The van der Waals surface area contributed by atoms with Gasteiger partial charge in [-0.2, -0.15) is 4.37 Å². The van der Waals surface area contributed by atoms with Crippen LogP contribution < -0.4 is 16.6 Å². The summed E-state index contributed by atoms with van der Waals surface area (Å²) >= 11 is 1.10. The molecular weight excluding hydrogens is 352 g/mol. The number of carbonyl (C=O) groups excluding carboxylic acids is 1. The van der Waals surface area contributed by atoms with E-state index in [1.54, 1.807) is 5.38 Å². The van der Waals surface area contributed by atoms with Gasteiger partial charge in [0.1, 0.15) is 6.54 Å². The molecule has 0 radical (unpaired) electrons. The van der Waals surface area contributed by atoms with E-state index in [0.29, 0.717) is 24.2 Å². The molecule has 0 fully saturated rings. The van der Waals surface area contributed by atoms with Gasteiger partial charge in [0.2, 0.25) is 5.91 Å². The highest BCUT2D eigenvalue weighted by Crippen LogP contribution is 2.16. The largest absolute Gasteiger partial charge is 0.332 e. The molecule has 136 valence electrons. The second kappa shape index (κ2) is 7.25. The van der Waals surface area contributed by atoms with E-state index < -0.39 is 11.2 Å². The number of aromatic nitrogens is 3. The number of carbonyl (C=O) groups is 1. The first-order valence-corrected chi connectivity index (χ1v) is 9.21. The van der Waals surface area contributed by atoms with Crippen molar-refractivity contribution in [1.82, 2.24) is 13.5 Å². The van der Waals surface area contributed by atoms with Gasteiger partial charge >= 0.3 is 5.69 Å². The molecular formula is C18H20N4O3S. The first kappa shape index (κ1) is 18.1. The van der Waals surface area contributed by atoms with Gasteiger partial charge in [0, 0.05) is 17.6 Å². The maximum atomic E-state index is 12.7. The third kappa shape index (κ3) is 3.32. The van der Waals surface area contributed by atoms with Crippen LogP contribution in [0.15, 0.2) is 33.2 Å². The number of anilines is 1. The summed E-state index contributed by atoms with van der Waals surface area (Å²) in [5.41, 5.74) is 2.49. The second-order valence-electron chi connectivity index (χ2n) is 6.24. The fraction of sp³-hybridized carbons (Fsp3) is 0.333. The fourth-order valence-electron chi connectivity index (χ4n) is 2.90. The third-order valence-electron chi connectivity index (χ3n) is 4.16. The smallest absolute Gasteiger partial charge is 0.324 e. The summed E-state index contributed by atoms with van der Waals surface area (Å²) < 4.78 is 6.55. The molecule has 0 saturated carbocycles. The topological polar surface area (TPSA) is 86.0 Å². The number of hydrogen-bond acceptors (Lipinski definition) is 5. The van der Waals surface area contributed by atoms with Gasteiger partial charge in [0.15, 0.2) is 5.52 Å². The zero-order valence-electron chi connectivity index (χ0n) is 14.9. The number of hydrogen-bond donors (Lipinski definition) is 1. The molecule has 1 aromatic carbocycles. The van der Waals surface area contributed by atoms with Crippen LogP contribution in [0.3, 0.4) is 0 Å². The Kier molecular flexibility index (Phi) is 5.03. The van der Waals surface area contributed by atoms with Crippen molar-refractivity contribution in [3.63, 3.8) is 0 Å². The van der Waals surface area contributed by atoms with Crippen molar-refractivity contribution in [2.45, 2.75) is 40.3 Å². The van der Waals surface area contributed by atoms with Crippen LogP contribution in [0.4, 0.5) is 5.69 Å². The lowest BCUT2D eigenvalue weighted by atomic mass is 10.1. The van der Waals surface area contributed by atoms with Gasteiger partial charge in [-0.15, -0.1) is 0 Å². The minimum Gasteiger partial charge on any atom is -0.324 e. The standard InChI is InChI=1S/C18H20N4O3S/c1-4-7-21-17(24)16-14(10-26-20-16)22(18(21)25)9-15(23)19-13-6-5-11(2)8-12(13)3/h5-6,8,10H,4,7,9H2,1-3H3,(H,19,23). The number of nitrogens with one attached hydrogen (secondary N) is 1. The Morgan fingerprint density at radius 1 is 1.23 bits per heavy atom. The van der Waals surface area contributed by atoms with E-state index in [9.17, 15) is 14.4 Å². The van der Waals surface area contributed by atoms with E-state index in [2.05, 4.69) is 9.69 Å². The summed E-state index contributed by atoms with van der Waals surface area (Å²) in [5.74, 6) is -0.326. The lowest BCUT2D eigenvalue weighted by molar-refractivity contribution is -0.116. The normalized spacial score (nSPS) is 11.0. The summed E-state index contributed by atoms with van der Waals surface area (Å²) in [6.07, 6.45) is 0.638. The van der Waals surface area contributed by atoms with Gasteiger partial charge in [0.25, 0.3) is 5.56 Å². The fourth-order valence-corrected chi connectivity index (χ4v) is 3.56. The van der Waals surface area contributed by atoms with Gasteiger partial charge in [0.05, 0.1) is 5.52 Å². The number of rotatable bonds is 5. The molecule has 8 heteroatoms. The molecule has 0 aliphatic rings. The lowest BCUT2D eigenvalue weighted by Crippen LogP contribution is -2.41. The van der Waals surface area contributed by atoms with Crippen LogP contribution >= 0.6 is 11.5 Å². The minimum absolute atomic E-state index is 0.176. The maximum absolute atomic E-state index is 12.7. The molecule has 7 nitrogen and oxygen atoms in total. The first-order valence-electron chi connectivity index (χ1n) is 8.37. The van der Waals surface area contributed by atoms with Crippen LogP contribution in [0.2, 0.25) is 0 Å². The van der Waals surface area contributed by atoms with Crippen LogP contribution in [0.25, 0.3) is 11.0 Å². The predicted octanol–water partition coefficient (Wildman–Crippen LogP) is 2.29. The average Bonchev–Trinajstić information content (AvgIpc) is 3.08. The minimum atomic E-state index is -0.486. The van der Waals surface area contributed by atoms with Crippen LogP contribution in [0.1, 0.15) is 24.5 Å². The predicted molar refractivity (Wildman–Crippen MR) is 103 cm³/mol. The van der Waals surface area contributed by atoms with E-state index in [0.717, 1.165) is 27.2 Å². The molecule has 2 aromatic heterocycles. The highest BCUT2D eigenvalue weighted by atomic mass is 32.1. The summed E-state index contributed by atoms with van der Waals surface area (Å²) in [4.78, 5) is 37.6. The Morgan fingerprint density at radius 2 is 2.00 bits per heavy atom. The van der Waals surface area contributed by atoms with Crippen LogP contribution in [0.5, 0.6) is 0 Å². The van der Waals surface area contributed by atoms with Gasteiger partial charge in [-0.1, -0.05) is 24.6 Å². The van der Waals surface area contributed by atoms with Gasteiger partial charge < -0.3 is 5.32 Å². The molecule has 0 bridgehead atoms. The molecule has 0 spiro atoms. The summed E-state index contributed by atoms with van der Waals surface area (Å²) in [5, 5.41) is 4.46. The van der Waals surface area contributed by atoms with Crippen molar-refractivity contribution in [2.75, 3.05) is 5.32 Å². The Bertz CT molecular complexity index is 1090. The molecule has 3 rings (SSSR count). The quantitative estimate of drug-likeness (QED) is 0.744. The zero-order chi connectivity index (χ0) is 18.8. The van der Waals surface area contributed by atoms with Crippen LogP contribution in [0, 0.1) is 13.8 Å².